The Balaban J connectivity index is 1.33. The van der Waals surface area contributed by atoms with Gasteiger partial charge < -0.3 is 14.8 Å². The van der Waals surface area contributed by atoms with Gasteiger partial charge in [-0.3, -0.25) is 9.89 Å². The summed E-state index contributed by atoms with van der Waals surface area (Å²) < 4.78 is 2.04. The van der Waals surface area contributed by atoms with E-state index < -0.39 is 0 Å². The highest BCUT2D eigenvalue weighted by atomic mass is 15.3. The Bertz CT molecular complexity index is 912. The summed E-state index contributed by atoms with van der Waals surface area (Å²) in [5, 5.41) is 3.55. The highest BCUT2D eigenvalue weighted by Crippen LogP contribution is 2.14. The lowest BCUT2D eigenvalue weighted by Crippen LogP contribution is -2.52. The Labute approximate surface area is 172 Å². The van der Waals surface area contributed by atoms with E-state index in [9.17, 15) is 0 Å². The number of aromatic nitrogens is 2. The SMILES string of the molecule is CN=C(NCc1ccccc1-n1ccnc1)N1CCN(Cc2ccccc2)CC1. The molecule has 1 fully saturated rings. The lowest BCUT2D eigenvalue weighted by molar-refractivity contribution is 0.172. The number of hydrogen-bond donors (Lipinski definition) is 1. The monoisotopic (exact) mass is 388 g/mol. The standard InChI is InChI=1S/C23H28N6/c1-24-23(26-17-21-9-5-6-10-22(21)29-12-11-25-19-29)28-15-13-27(14-16-28)18-20-7-3-2-4-8-20/h2-12,19H,13-18H2,1H3,(H,24,26). The molecular weight excluding hydrogens is 360 g/mol. The number of aliphatic imine (C=N–C) groups is 1. The van der Waals surface area contributed by atoms with Crippen LogP contribution in [0.3, 0.4) is 0 Å². The summed E-state index contributed by atoms with van der Waals surface area (Å²) in [6, 6.07) is 19.1. The van der Waals surface area contributed by atoms with E-state index in [-0.39, 0.29) is 0 Å². The second kappa shape index (κ2) is 9.39. The smallest absolute Gasteiger partial charge is 0.194 e. The molecule has 1 N–H and O–H groups in total. The van der Waals surface area contributed by atoms with Gasteiger partial charge in [0.05, 0.1) is 12.0 Å². The summed E-state index contributed by atoms with van der Waals surface area (Å²) in [6.07, 6.45) is 5.61. The van der Waals surface area contributed by atoms with Crippen LogP contribution in [-0.4, -0.2) is 58.5 Å². The van der Waals surface area contributed by atoms with Gasteiger partial charge in [0.2, 0.25) is 0 Å². The molecule has 0 atom stereocenters. The molecular formula is C23H28N6. The zero-order chi connectivity index (χ0) is 19.9. The maximum atomic E-state index is 4.52. The van der Waals surface area contributed by atoms with E-state index in [0.29, 0.717) is 0 Å². The first-order valence-corrected chi connectivity index (χ1v) is 10.1. The van der Waals surface area contributed by atoms with E-state index in [1.54, 1.807) is 6.20 Å². The number of nitrogens with one attached hydrogen (secondary N) is 1. The summed E-state index contributed by atoms with van der Waals surface area (Å²) >= 11 is 0. The fraction of sp³-hybridized carbons (Fsp3) is 0.304. The highest BCUT2D eigenvalue weighted by Gasteiger charge is 2.19. The second-order valence-electron chi connectivity index (χ2n) is 7.25. The first kappa shape index (κ1) is 19.2. The van der Waals surface area contributed by atoms with Crippen molar-refractivity contribution in [3.05, 3.63) is 84.4 Å². The van der Waals surface area contributed by atoms with Gasteiger partial charge in [-0.05, 0) is 17.2 Å². The van der Waals surface area contributed by atoms with Crippen LogP contribution >= 0.6 is 0 Å². The molecule has 1 saturated heterocycles. The van der Waals surface area contributed by atoms with Gasteiger partial charge in [0.1, 0.15) is 0 Å². The fourth-order valence-electron chi connectivity index (χ4n) is 3.78. The fourth-order valence-corrected chi connectivity index (χ4v) is 3.78. The maximum absolute atomic E-state index is 4.52. The number of hydrogen-bond acceptors (Lipinski definition) is 3. The quantitative estimate of drug-likeness (QED) is 0.539. The number of para-hydroxylation sites is 1. The third kappa shape index (κ3) is 4.84. The predicted octanol–water partition coefficient (Wildman–Crippen LogP) is 2.77. The molecule has 1 aliphatic rings. The molecule has 0 aliphatic carbocycles. The minimum absolute atomic E-state index is 0.727. The molecule has 1 aromatic heterocycles. The molecule has 3 aromatic rings. The van der Waals surface area contributed by atoms with Crippen LogP contribution in [0.25, 0.3) is 5.69 Å². The molecule has 6 nitrogen and oxygen atoms in total. The molecule has 0 saturated carbocycles. The lowest BCUT2D eigenvalue weighted by Gasteiger charge is -2.36. The summed E-state index contributed by atoms with van der Waals surface area (Å²) in [5.41, 5.74) is 3.73. The topological polar surface area (TPSA) is 48.7 Å². The molecule has 4 rings (SSSR count). The van der Waals surface area contributed by atoms with Crippen LogP contribution in [0.4, 0.5) is 0 Å². The van der Waals surface area contributed by atoms with E-state index >= 15 is 0 Å². The number of guanidine groups is 1. The number of piperazine rings is 1. The molecule has 0 unspecified atom stereocenters. The third-order valence-corrected chi connectivity index (χ3v) is 5.34. The molecule has 1 aliphatic heterocycles. The van der Waals surface area contributed by atoms with Crippen LogP contribution in [0, 0.1) is 0 Å². The lowest BCUT2D eigenvalue weighted by atomic mass is 10.1. The molecule has 0 amide bonds. The van der Waals surface area contributed by atoms with Crippen molar-refractivity contribution in [2.45, 2.75) is 13.1 Å². The first-order valence-electron chi connectivity index (χ1n) is 10.1. The van der Waals surface area contributed by atoms with E-state index in [2.05, 4.69) is 79.7 Å². The predicted molar refractivity (Wildman–Crippen MR) is 117 cm³/mol. The van der Waals surface area contributed by atoms with Crippen molar-refractivity contribution < 1.29 is 0 Å². The molecule has 6 heteroatoms. The average molecular weight is 389 g/mol. The Hall–Kier alpha value is -3.12. The Morgan fingerprint density at radius 2 is 1.76 bits per heavy atom. The first-order chi connectivity index (χ1) is 14.3. The minimum Gasteiger partial charge on any atom is -0.352 e. The summed E-state index contributed by atoms with van der Waals surface area (Å²) in [6.45, 7) is 5.79. The van der Waals surface area contributed by atoms with Crippen molar-refractivity contribution in [3.63, 3.8) is 0 Å². The average Bonchev–Trinajstić information content (AvgIpc) is 3.31. The minimum atomic E-state index is 0.727. The van der Waals surface area contributed by atoms with E-state index in [1.165, 1.54) is 11.1 Å². The summed E-state index contributed by atoms with van der Waals surface area (Å²) in [7, 11) is 1.86. The van der Waals surface area contributed by atoms with Crippen LogP contribution in [0.5, 0.6) is 0 Å². The van der Waals surface area contributed by atoms with Crippen molar-refractivity contribution in [1.29, 1.82) is 0 Å². The molecule has 150 valence electrons. The normalized spacial score (nSPS) is 15.5. The van der Waals surface area contributed by atoms with Crippen molar-refractivity contribution in [1.82, 2.24) is 24.7 Å². The summed E-state index contributed by atoms with van der Waals surface area (Å²) in [4.78, 5) is 13.5. The van der Waals surface area contributed by atoms with E-state index in [0.717, 1.165) is 50.9 Å². The van der Waals surface area contributed by atoms with Crippen LogP contribution < -0.4 is 5.32 Å². The number of benzene rings is 2. The Morgan fingerprint density at radius 1 is 1.00 bits per heavy atom. The largest absolute Gasteiger partial charge is 0.352 e. The van der Waals surface area contributed by atoms with Gasteiger partial charge in [0, 0.05) is 58.7 Å². The van der Waals surface area contributed by atoms with E-state index in [4.69, 9.17) is 0 Å². The summed E-state index contributed by atoms with van der Waals surface area (Å²) in [5.74, 6) is 0.963. The van der Waals surface area contributed by atoms with E-state index in [1.807, 2.05) is 24.1 Å². The number of imidazole rings is 1. The third-order valence-electron chi connectivity index (χ3n) is 5.34. The molecule has 0 bridgehead atoms. The van der Waals surface area contributed by atoms with Crippen LogP contribution in [-0.2, 0) is 13.1 Å². The van der Waals surface area contributed by atoms with Gasteiger partial charge >= 0.3 is 0 Å². The van der Waals surface area contributed by atoms with Crippen molar-refractivity contribution in [3.8, 4) is 5.69 Å². The van der Waals surface area contributed by atoms with Crippen molar-refractivity contribution in [2.24, 2.45) is 4.99 Å². The van der Waals surface area contributed by atoms with Gasteiger partial charge in [0.15, 0.2) is 5.96 Å². The molecule has 29 heavy (non-hydrogen) atoms. The van der Waals surface area contributed by atoms with Gasteiger partial charge in [-0.1, -0.05) is 48.5 Å². The Kier molecular flexibility index (Phi) is 6.22. The zero-order valence-electron chi connectivity index (χ0n) is 16.9. The maximum Gasteiger partial charge on any atom is 0.194 e. The van der Waals surface area contributed by atoms with Crippen LogP contribution in [0.15, 0.2) is 78.3 Å². The van der Waals surface area contributed by atoms with Gasteiger partial charge in [0.25, 0.3) is 0 Å². The number of rotatable bonds is 5. The highest BCUT2D eigenvalue weighted by molar-refractivity contribution is 5.80. The number of nitrogens with zero attached hydrogens (tertiary/aromatic N) is 5. The zero-order valence-corrected chi connectivity index (χ0v) is 16.9. The molecule has 0 spiro atoms. The van der Waals surface area contributed by atoms with Crippen LogP contribution in [0.2, 0.25) is 0 Å². The molecule has 2 aromatic carbocycles. The molecule has 2 heterocycles. The van der Waals surface area contributed by atoms with Gasteiger partial charge in [-0.25, -0.2) is 4.98 Å². The van der Waals surface area contributed by atoms with Crippen LogP contribution in [0.1, 0.15) is 11.1 Å². The Morgan fingerprint density at radius 3 is 2.48 bits per heavy atom. The van der Waals surface area contributed by atoms with Crippen molar-refractivity contribution >= 4 is 5.96 Å². The van der Waals surface area contributed by atoms with Gasteiger partial charge in [-0.15, -0.1) is 0 Å². The second-order valence-corrected chi connectivity index (χ2v) is 7.25. The van der Waals surface area contributed by atoms with Crippen molar-refractivity contribution in [2.75, 3.05) is 33.2 Å². The van der Waals surface area contributed by atoms with Gasteiger partial charge in [-0.2, -0.15) is 0 Å². The molecule has 0 radical (unpaired) electrons.